The van der Waals surface area contributed by atoms with E-state index in [0.29, 0.717) is 0 Å². The number of aromatic nitrogens is 1. The molecule has 11 rings (SSSR count). The monoisotopic (exact) mass is 703 g/mol. The topological polar surface area (TPSA) is 18.1 Å². The third kappa shape index (κ3) is 5.17. The number of para-hydroxylation sites is 4. The van der Waals surface area contributed by atoms with Crippen LogP contribution in [-0.2, 0) is 6.42 Å². The molecule has 0 bridgehead atoms. The van der Waals surface area contributed by atoms with E-state index in [0.717, 1.165) is 29.4 Å². The van der Waals surface area contributed by atoms with E-state index >= 15 is 0 Å². The van der Waals surface area contributed by atoms with Crippen LogP contribution < -0.4 is 0 Å². The van der Waals surface area contributed by atoms with Gasteiger partial charge in [-0.2, -0.15) is 0 Å². The van der Waals surface area contributed by atoms with Gasteiger partial charge in [0, 0.05) is 38.4 Å². The Kier molecular flexibility index (Phi) is 7.41. The highest BCUT2D eigenvalue weighted by Gasteiger charge is 2.22. The second kappa shape index (κ2) is 12.9. The lowest BCUT2D eigenvalue weighted by molar-refractivity contribution is 0.645. The van der Waals surface area contributed by atoms with Crippen molar-refractivity contribution in [3.8, 4) is 16.8 Å². The fourth-order valence-corrected chi connectivity index (χ4v) is 9.16. The van der Waals surface area contributed by atoms with Gasteiger partial charge in [-0.15, -0.1) is 0 Å². The molecule has 0 aliphatic heterocycles. The highest BCUT2D eigenvalue weighted by molar-refractivity contribution is 6.11. The third-order valence-corrected chi connectivity index (χ3v) is 11.7. The molecule has 260 valence electrons. The van der Waals surface area contributed by atoms with Crippen molar-refractivity contribution >= 4 is 65.3 Å². The van der Waals surface area contributed by atoms with Gasteiger partial charge in [0.05, 0.1) is 16.7 Å². The van der Waals surface area contributed by atoms with E-state index in [9.17, 15) is 0 Å². The molecule has 11 aromatic rings. The van der Waals surface area contributed by atoms with E-state index in [1.54, 1.807) is 0 Å². The number of nitrogens with zero attached hydrogens (tertiary/aromatic N) is 1. The van der Waals surface area contributed by atoms with Gasteiger partial charge in [-0.25, -0.2) is 0 Å². The van der Waals surface area contributed by atoms with Crippen molar-refractivity contribution in [3.63, 3.8) is 0 Å². The van der Waals surface area contributed by atoms with Gasteiger partial charge >= 0.3 is 0 Å². The van der Waals surface area contributed by atoms with Crippen molar-refractivity contribution in [2.24, 2.45) is 0 Å². The van der Waals surface area contributed by atoms with Gasteiger partial charge in [-0.3, -0.25) is 0 Å². The van der Waals surface area contributed by atoms with Gasteiger partial charge in [-0.1, -0.05) is 170 Å². The van der Waals surface area contributed by atoms with Crippen LogP contribution in [0, 0.1) is 0 Å². The minimum Gasteiger partial charge on any atom is -0.456 e. The Morgan fingerprint density at radius 2 is 1.04 bits per heavy atom. The maximum absolute atomic E-state index is 6.67. The number of fused-ring (bicyclic) bond motifs is 8. The fraction of sp³-hybridized carbons (Fsp3) is 0.0566. The Balaban J connectivity index is 1.03. The molecule has 0 aliphatic rings. The first kappa shape index (κ1) is 31.6. The van der Waals surface area contributed by atoms with Crippen molar-refractivity contribution in [2.75, 3.05) is 0 Å². The smallest absolute Gasteiger partial charge is 0.139 e. The molecule has 9 aromatic carbocycles. The Labute approximate surface area is 319 Å². The van der Waals surface area contributed by atoms with Gasteiger partial charge in [0.15, 0.2) is 0 Å². The van der Waals surface area contributed by atoms with Gasteiger partial charge in [0.1, 0.15) is 11.2 Å². The van der Waals surface area contributed by atoms with E-state index in [1.807, 2.05) is 0 Å². The molecule has 0 N–H and O–H groups in total. The maximum Gasteiger partial charge on any atom is 0.139 e. The Hall–Kier alpha value is -6.90. The van der Waals surface area contributed by atoms with E-state index in [2.05, 4.69) is 199 Å². The maximum atomic E-state index is 6.67. The molecule has 0 fully saturated rings. The molecule has 0 amide bonds. The molecule has 2 aromatic heterocycles. The summed E-state index contributed by atoms with van der Waals surface area (Å²) in [5, 5.41) is 9.99. The zero-order valence-electron chi connectivity index (χ0n) is 30.3. The number of aryl methyl sites for hydroxylation is 1. The number of rotatable bonds is 7. The van der Waals surface area contributed by atoms with Crippen molar-refractivity contribution in [1.29, 1.82) is 0 Å². The molecular formula is C53H37NO. The van der Waals surface area contributed by atoms with Crippen LogP contribution in [-0.4, -0.2) is 4.57 Å². The third-order valence-electron chi connectivity index (χ3n) is 11.7. The second-order valence-electron chi connectivity index (χ2n) is 14.7. The van der Waals surface area contributed by atoms with Crippen LogP contribution in [0.3, 0.4) is 0 Å². The quantitative estimate of drug-likeness (QED) is 0.162. The summed E-state index contributed by atoms with van der Waals surface area (Å²) in [4.78, 5) is 0. The molecule has 0 spiro atoms. The summed E-state index contributed by atoms with van der Waals surface area (Å²) in [5.41, 5.74) is 12.0. The molecule has 0 aliphatic carbocycles. The fourth-order valence-electron chi connectivity index (χ4n) is 9.16. The predicted octanol–water partition coefficient (Wildman–Crippen LogP) is 14.4. The van der Waals surface area contributed by atoms with Crippen LogP contribution in [0.5, 0.6) is 0 Å². The van der Waals surface area contributed by atoms with E-state index in [-0.39, 0.29) is 5.92 Å². The van der Waals surface area contributed by atoms with Crippen LogP contribution in [0.25, 0.3) is 82.1 Å². The zero-order valence-corrected chi connectivity index (χ0v) is 30.3. The Morgan fingerprint density at radius 1 is 0.436 bits per heavy atom. The lowest BCUT2D eigenvalue weighted by Crippen LogP contribution is -2.05. The van der Waals surface area contributed by atoms with Crippen LogP contribution in [0.1, 0.15) is 29.0 Å². The first-order valence-corrected chi connectivity index (χ1v) is 19.3. The molecule has 0 radical (unpaired) electrons. The molecule has 2 heteroatoms. The summed E-state index contributed by atoms with van der Waals surface area (Å²) in [6.45, 7) is 0. The lowest BCUT2D eigenvalue weighted by atomic mass is 9.84. The molecular weight excluding hydrogens is 667 g/mol. The highest BCUT2D eigenvalue weighted by Crippen LogP contribution is 2.41. The molecule has 1 atom stereocenters. The molecule has 55 heavy (non-hydrogen) atoms. The van der Waals surface area contributed by atoms with Crippen molar-refractivity contribution in [1.82, 2.24) is 4.57 Å². The summed E-state index contributed by atoms with van der Waals surface area (Å²) in [6, 6.07) is 70.8. The van der Waals surface area contributed by atoms with Crippen LogP contribution in [0.2, 0.25) is 0 Å². The summed E-state index contributed by atoms with van der Waals surface area (Å²) >= 11 is 0. The van der Waals surface area contributed by atoms with Crippen molar-refractivity contribution in [3.05, 3.63) is 211 Å². The van der Waals surface area contributed by atoms with E-state index < -0.39 is 0 Å². The molecule has 0 saturated carbocycles. The number of hydrogen-bond donors (Lipinski definition) is 0. The zero-order chi connectivity index (χ0) is 36.3. The largest absolute Gasteiger partial charge is 0.456 e. The number of hydrogen-bond acceptors (Lipinski definition) is 1. The van der Waals surface area contributed by atoms with Crippen LogP contribution in [0.4, 0.5) is 0 Å². The predicted molar refractivity (Wildman–Crippen MR) is 232 cm³/mol. The normalized spacial score (nSPS) is 12.4. The van der Waals surface area contributed by atoms with Crippen molar-refractivity contribution < 1.29 is 4.42 Å². The average molecular weight is 704 g/mol. The first-order chi connectivity index (χ1) is 27.3. The van der Waals surface area contributed by atoms with Gasteiger partial charge in [-0.05, 0) is 75.5 Å². The van der Waals surface area contributed by atoms with Crippen LogP contribution in [0.15, 0.2) is 199 Å². The highest BCUT2D eigenvalue weighted by atomic mass is 16.3. The summed E-state index contributed by atoms with van der Waals surface area (Å²) < 4.78 is 9.12. The summed E-state index contributed by atoms with van der Waals surface area (Å²) in [6.07, 6.45) is 1.85. The van der Waals surface area contributed by atoms with Crippen LogP contribution >= 0.6 is 0 Å². The van der Waals surface area contributed by atoms with E-state index in [4.69, 9.17) is 4.42 Å². The molecule has 2 heterocycles. The van der Waals surface area contributed by atoms with E-state index in [1.165, 1.54) is 82.2 Å². The number of benzene rings is 9. The molecule has 0 unspecified atom stereocenters. The second-order valence-corrected chi connectivity index (χ2v) is 14.7. The SMILES string of the molecule is c1ccc2c(-c3ccc([C@H](CCc4ccc(-n5c6ccccc6c6ccccc65)c5ccccc45)c4cccc5c4oc4ccccc45)cc3)cccc2c1. The lowest BCUT2D eigenvalue weighted by Gasteiger charge is -2.20. The number of furan rings is 1. The van der Waals surface area contributed by atoms with Gasteiger partial charge < -0.3 is 8.98 Å². The average Bonchev–Trinajstić information content (AvgIpc) is 3.80. The van der Waals surface area contributed by atoms with Gasteiger partial charge in [0.2, 0.25) is 0 Å². The standard InChI is InChI=1S/C53H37NO/c1-2-15-39-35(13-1)14-11-21-40(39)36-27-29-37(30-28-36)42(47-22-12-23-48-46-20-7-10-26-52(46)55-53(47)48)33-31-38-32-34-51(43-17-4-3-16-41(38)43)54-49-24-8-5-18-44(49)45-19-6-9-25-50(45)54/h1-30,32,34,42H,31,33H2/t42-/m0/s1. The molecule has 2 nitrogen and oxygen atoms in total. The summed E-state index contributed by atoms with van der Waals surface area (Å²) in [7, 11) is 0. The van der Waals surface area contributed by atoms with Crippen molar-refractivity contribution in [2.45, 2.75) is 18.8 Å². The molecule has 0 saturated heterocycles. The first-order valence-electron chi connectivity index (χ1n) is 19.3. The minimum absolute atomic E-state index is 0.126. The Morgan fingerprint density at radius 3 is 1.82 bits per heavy atom. The van der Waals surface area contributed by atoms with Gasteiger partial charge in [0.25, 0.3) is 0 Å². The minimum atomic E-state index is 0.126. The summed E-state index contributed by atoms with van der Waals surface area (Å²) in [5.74, 6) is 0.126. The Bertz CT molecular complexity index is 3160.